The normalized spacial score (nSPS) is 26.0. The zero-order chi connectivity index (χ0) is 48.4. The van der Waals surface area contributed by atoms with Gasteiger partial charge >= 0.3 is 29.8 Å². The van der Waals surface area contributed by atoms with E-state index in [0.29, 0.717) is 5.56 Å². The van der Waals surface area contributed by atoms with Gasteiger partial charge in [0.2, 0.25) is 12.4 Å². The Morgan fingerprint density at radius 2 is 0.857 bits per heavy atom. The summed E-state index contributed by atoms with van der Waals surface area (Å²) in [5.74, 6) is -4.44. The molecule has 0 unspecified atom stereocenters. The maximum Gasteiger partial charge on any atom is 0.340 e. The Morgan fingerprint density at radius 3 is 1.34 bits per heavy atom. The lowest BCUT2D eigenvalue weighted by molar-refractivity contribution is -0.382. The van der Waals surface area contributed by atoms with Gasteiger partial charge in [-0.2, -0.15) is 0 Å². The second-order valence-corrected chi connectivity index (χ2v) is 16.3. The number of esters is 5. The number of hydrogen-bond acceptors (Lipinski definition) is 16. The number of benzene rings is 6. The number of aliphatic hydroxyl groups excluding tert-OH is 1. The Kier molecular flexibility index (Phi) is 15.1. The van der Waals surface area contributed by atoms with Crippen molar-refractivity contribution < 1.29 is 76.4 Å². The van der Waals surface area contributed by atoms with Crippen molar-refractivity contribution in [3.05, 3.63) is 215 Å². The number of carbonyl (C=O) groups excluding carboxylic acids is 5. The molecule has 70 heavy (non-hydrogen) atoms. The van der Waals surface area contributed by atoms with Crippen molar-refractivity contribution in [2.24, 2.45) is 0 Å². The zero-order valence-corrected chi connectivity index (χ0v) is 37.2. The van der Waals surface area contributed by atoms with E-state index < -0.39 is 104 Å². The Bertz CT molecular complexity index is 2690. The van der Waals surface area contributed by atoms with Crippen LogP contribution in [0.15, 0.2) is 182 Å². The highest BCUT2D eigenvalue weighted by Crippen LogP contribution is 2.39. The minimum atomic E-state index is -1.86. The number of carbonyl (C=O) groups is 5. The molecule has 0 bridgehead atoms. The van der Waals surface area contributed by atoms with Gasteiger partial charge in [0.15, 0.2) is 24.8 Å². The summed E-state index contributed by atoms with van der Waals surface area (Å²) < 4.78 is 62.3. The molecule has 0 amide bonds. The van der Waals surface area contributed by atoms with Crippen LogP contribution in [0.2, 0.25) is 0 Å². The smallest absolute Gasteiger partial charge is 0.340 e. The zero-order valence-electron chi connectivity index (χ0n) is 37.2. The SMILES string of the molecule is O=C(OC[C@H]1O[C@H](OC(=O)c2ccccc2)[C@@H](OC(=O)c2ccccc2)[C@@H](OC(=O)c2ccccc2)[C@@H]1O[C@@H]1O[C@@H]2CO[C@H](c3ccccc3)O[C@@H]2[C@H](O)[C@H]1OC(=O)c1ccccc1)c1ccccc1. The Balaban J connectivity index is 1.13. The van der Waals surface area contributed by atoms with E-state index in [9.17, 15) is 29.1 Å². The summed E-state index contributed by atoms with van der Waals surface area (Å²) in [6, 6.07) is 48.7. The summed E-state index contributed by atoms with van der Waals surface area (Å²) in [6.07, 6.45) is -17.0. The topological polar surface area (TPSA) is 198 Å². The number of rotatable bonds is 14. The predicted octanol–water partition coefficient (Wildman–Crippen LogP) is 6.69. The summed E-state index contributed by atoms with van der Waals surface area (Å²) in [6.45, 7) is -0.793. The summed E-state index contributed by atoms with van der Waals surface area (Å²) in [5, 5.41) is 12.3. The van der Waals surface area contributed by atoms with Crippen molar-refractivity contribution in [2.45, 2.75) is 67.7 Å². The Labute approximate surface area is 401 Å². The number of fused-ring (bicyclic) bond motifs is 1. The number of ether oxygens (including phenoxy) is 10. The maximum absolute atomic E-state index is 14.3. The summed E-state index contributed by atoms with van der Waals surface area (Å²) in [4.78, 5) is 69.7. The quantitative estimate of drug-likeness (QED) is 0.0895. The molecule has 0 saturated carbocycles. The molecule has 6 aromatic rings. The Hall–Kier alpha value is -7.57. The summed E-state index contributed by atoms with van der Waals surface area (Å²) in [5.41, 5.74) is 1.19. The lowest BCUT2D eigenvalue weighted by Gasteiger charge is -2.50. The first kappa shape index (κ1) is 47.5. The van der Waals surface area contributed by atoms with Crippen molar-refractivity contribution in [2.75, 3.05) is 13.2 Å². The fourth-order valence-corrected chi connectivity index (χ4v) is 8.13. The van der Waals surface area contributed by atoms with Crippen LogP contribution < -0.4 is 0 Å². The van der Waals surface area contributed by atoms with Gasteiger partial charge in [-0.05, 0) is 60.7 Å². The van der Waals surface area contributed by atoms with Crippen LogP contribution in [0, 0.1) is 0 Å². The molecule has 3 fully saturated rings. The first-order valence-corrected chi connectivity index (χ1v) is 22.4. The monoisotopic (exact) mass is 950 g/mol. The van der Waals surface area contributed by atoms with Crippen LogP contribution in [0.1, 0.15) is 63.6 Å². The van der Waals surface area contributed by atoms with E-state index in [1.807, 2.05) is 6.07 Å². The number of hydrogen-bond donors (Lipinski definition) is 1. The van der Waals surface area contributed by atoms with Crippen molar-refractivity contribution in [1.82, 2.24) is 0 Å². The van der Waals surface area contributed by atoms with E-state index in [1.54, 1.807) is 115 Å². The molecule has 358 valence electrons. The minimum Gasteiger partial charge on any atom is -0.459 e. The van der Waals surface area contributed by atoms with Gasteiger partial charge in [-0.3, -0.25) is 0 Å². The first-order chi connectivity index (χ1) is 34.2. The molecule has 0 aliphatic carbocycles. The number of aliphatic hydroxyl groups is 1. The molecular formula is C54H46O16. The van der Waals surface area contributed by atoms with Crippen LogP contribution in [-0.4, -0.2) is 110 Å². The standard InChI is InChI=1S/C54H46O16/c55-41-42-39(32-62-52(68-42)38-29-17-6-18-30-38)63-53(44(41)65-48(57)34-21-9-2-10-22-34)69-43-40(31-61-47(56)33-19-7-1-8-20-33)64-54(70-51(60)37-27-15-5-16-28-37)46(67-50(59)36-25-13-4-14-26-36)45(43)66-49(58)35-23-11-3-12-24-35/h1-30,39-46,52-55H,31-32H2/t39-,40-,41+,42+,43-,44-,45+,46+,52+,53+,54-/m1/s1. The second kappa shape index (κ2) is 22.2. The second-order valence-electron chi connectivity index (χ2n) is 16.3. The molecule has 0 aromatic heterocycles. The highest BCUT2D eigenvalue weighted by atomic mass is 16.8. The van der Waals surface area contributed by atoms with Gasteiger partial charge in [-0.25, -0.2) is 24.0 Å². The average molecular weight is 951 g/mol. The molecule has 3 aliphatic heterocycles. The van der Waals surface area contributed by atoms with E-state index in [0.717, 1.165) is 0 Å². The third-order valence-corrected chi connectivity index (χ3v) is 11.6. The van der Waals surface area contributed by atoms with Crippen LogP contribution in [0.5, 0.6) is 0 Å². The molecule has 3 aliphatic rings. The molecule has 0 spiro atoms. The van der Waals surface area contributed by atoms with Crippen LogP contribution >= 0.6 is 0 Å². The highest BCUT2D eigenvalue weighted by Gasteiger charge is 2.58. The van der Waals surface area contributed by atoms with Crippen molar-refractivity contribution in [3.63, 3.8) is 0 Å². The van der Waals surface area contributed by atoms with E-state index in [-0.39, 0.29) is 34.4 Å². The molecule has 16 nitrogen and oxygen atoms in total. The first-order valence-electron chi connectivity index (χ1n) is 22.4. The van der Waals surface area contributed by atoms with Gasteiger partial charge < -0.3 is 52.5 Å². The molecule has 1 N–H and O–H groups in total. The van der Waals surface area contributed by atoms with E-state index in [2.05, 4.69) is 0 Å². The van der Waals surface area contributed by atoms with Gasteiger partial charge in [-0.15, -0.1) is 0 Å². The van der Waals surface area contributed by atoms with Gasteiger partial charge in [0.05, 0.1) is 34.4 Å². The third-order valence-electron chi connectivity index (χ3n) is 11.6. The van der Waals surface area contributed by atoms with Gasteiger partial charge in [-0.1, -0.05) is 121 Å². The van der Waals surface area contributed by atoms with Gasteiger partial charge in [0.25, 0.3) is 0 Å². The van der Waals surface area contributed by atoms with Crippen molar-refractivity contribution in [3.8, 4) is 0 Å². The molecular weight excluding hydrogens is 905 g/mol. The van der Waals surface area contributed by atoms with Crippen LogP contribution in [0.3, 0.4) is 0 Å². The Morgan fingerprint density at radius 1 is 0.443 bits per heavy atom. The van der Waals surface area contributed by atoms with Crippen LogP contribution in [0.25, 0.3) is 0 Å². The average Bonchev–Trinajstić information content (AvgIpc) is 3.41. The fourth-order valence-electron chi connectivity index (χ4n) is 8.13. The molecule has 11 atom stereocenters. The van der Waals surface area contributed by atoms with Crippen LogP contribution in [-0.2, 0) is 47.4 Å². The molecule has 6 aromatic carbocycles. The fraction of sp³-hybridized carbons (Fsp3) is 0.241. The van der Waals surface area contributed by atoms with Crippen LogP contribution in [0.4, 0.5) is 0 Å². The van der Waals surface area contributed by atoms with Crippen molar-refractivity contribution >= 4 is 29.8 Å². The highest BCUT2D eigenvalue weighted by molar-refractivity contribution is 5.92. The van der Waals surface area contributed by atoms with Crippen molar-refractivity contribution in [1.29, 1.82) is 0 Å². The largest absolute Gasteiger partial charge is 0.459 e. The summed E-state index contributed by atoms with van der Waals surface area (Å²) >= 11 is 0. The molecule has 3 saturated heterocycles. The van der Waals surface area contributed by atoms with Gasteiger partial charge in [0, 0.05) is 5.56 Å². The molecule has 9 rings (SSSR count). The molecule has 0 radical (unpaired) electrons. The third kappa shape index (κ3) is 11.1. The molecule has 3 heterocycles. The maximum atomic E-state index is 14.3. The summed E-state index contributed by atoms with van der Waals surface area (Å²) in [7, 11) is 0. The van der Waals surface area contributed by atoms with E-state index in [4.69, 9.17) is 47.4 Å². The molecule has 16 heteroatoms. The lowest BCUT2D eigenvalue weighted by Crippen LogP contribution is -2.67. The minimum absolute atomic E-state index is 0.0667. The lowest BCUT2D eigenvalue weighted by atomic mass is 9.95. The van der Waals surface area contributed by atoms with E-state index in [1.165, 1.54) is 60.7 Å². The predicted molar refractivity (Wildman–Crippen MR) is 244 cm³/mol. The van der Waals surface area contributed by atoms with Gasteiger partial charge in [0.1, 0.15) is 37.1 Å². The van der Waals surface area contributed by atoms with E-state index >= 15 is 0 Å².